The Labute approximate surface area is 77.9 Å². The van der Waals surface area contributed by atoms with Gasteiger partial charge in [0, 0.05) is 20.5 Å². The quantitative estimate of drug-likeness (QED) is 0.229. The monoisotopic (exact) mass is 184 g/mol. The van der Waals surface area contributed by atoms with E-state index in [1.807, 2.05) is 0 Å². The Kier molecular flexibility index (Phi) is 5.34. The molecule has 0 atom stereocenters. The van der Waals surface area contributed by atoms with E-state index in [1.54, 1.807) is 13.1 Å². The molecule has 0 bridgehead atoms. The van der Waals surface area contributed by atoms with Crippen LogP contribution in [0.5, 0.6) is 0 Å². The molecule has 0 aliphatic rings. The van der Waals surface area contributed by atoms with Gasteiger partial charge in [0.2, 0.25) is 0 Å². The summed E-state index contributed by atoms with van der Waals surface area (Å²) in [5.74, 6) is 0.0782. The highest BCUT2D eigenvalue weighted by molar-refractivity contribution is 5.92. The molecule has 0 aromatic heterocycles. The van der Waals surface area contributed by atoms with E-state index in [-0.39, 0.29) is 11.7 Å². The molecule has 13 heavy (non-hydrogen) atoms. The smallest absolute Gasteiger partial charge is 0.185 e. The molecule has 5 heteroatoms. The van der Waals surface area contributed by atoms with Crippen LogP contribution in [0.1, 0.15) is 13.3 Å². The van der Waals surface area contributed by atoms with Gasteiger partial charge in [0.05, 0.1) is 5.70 Å². The lowest BCUT2D eigenvalue weighted by molar-refractivity contribution is -0.113. The summed E-state index contributed by atoms with van der Waals surface area (Å²) >= 11 is 0. The van der Waals surface area contributed by atoms with Crippen molar-refractivity contribution >= 4 is 11.7 Å². The van der Waals surface area contributed by atoms with E-state index in [1.165, 1.54) is 6.92 Å². The summed E-state index contributed by atoms with van der Waals surface area (Å²) in [6, 6.07) is 0. The van der Waals surface area contributed by atoms with Gasteiger partial charge in [-0.3, -0.25) is 9.79 Å². The summed E-state index contributed by atoms with van der Waals surface area (Å²) in [4.78, 5) is 14.7. The molecule has 0 amide bonds. The van der Waals surface area contributed by atoms with Crippen LogP contribution in [0.3, 0.4) is 0 Å². The zero-order valence-electron chi connectivity index (χ0n) is 8.00. The molecular weight excluding hydrogens is 168 g/mol. The predicted molar refractivity (Wildman–Crippen MR) is 53.1 cm³/mol. The highest BCUT2D eigenvalue weighted by atomic mass is 16.1. The maximum atomic E-state index is 10.9. The van der Waals surface area contributed by atoms with Crippen molar-refractivity contribution < 1.29 is 4.79 Å². The number of nitrogens with one attached hydrogen (secondary N) is 1. The molecule has 5 nitrogen and oxygen atoms in total. The number of carbonyl (C=O) groups excluding carboxylic acids is 1. The first-order valence-corrected chi connectivity index (χ1v) is 4.02. The van der Waals surface area contributed by atoms with Crippen molar-refractivity contribution in [2.75, 3.05) is 13.6 Å². The number of nitrogens with zero attached hydrogens (tertiary/aromatic N) is 1. The van der Waals surface area contributed by atoms with Gasteiger partial charge >= 0.3 is 0 Å². The van der Waals surface area contributed by atoms with Crippen molar-refractivity contribution in [2.45, 2.75) is 13.3 Å². The minimum Gasteiger partial charge on any atom is -0.386 e. The van der Waals surface area contributed by atoms with Gasteiger partial charge in [0.15, 0.2) is 11.7 Å². The van der Waals surface area contributed by atoms with Crippen LogP contribution in [0.4, 0.5) is 0 Å². The lowest BCUT2D eigenvalue weighted by atomic mass is 10.2. The third kappa shape index (κ3) is 5.72. The molecule has 0 heterocycles. The standard InChI is InChI=1S/C8H16N4O/c1-6(13)7(11-2)4-3-5-12-8(9)10/h4,11H,3,5H2,1-2H3,(H4,9,10,12)/b7-4-. The molecule has 0 saturated heterocycles. The number of hydrogen-bond donors (Lipinski definition) is 3. The number of hydrogen-bond acceptors (Lipinski definition) is 3. The molecule has 0 unspecified atom stereocenters. The Balaban J connectivity index is 3.95. The van der Waals surface area contributed by atoms with Gasteiger partial charge in [-0.15, -0.1) is 0 Å². The summed E-state index contributed by atoms with van der Waals surface area (Å²) in [6.45, 7) is 2.00. The number of Topliss-reactive ketones (excluding diaryl/α,β-unsaturated/α-hetero) is 1. The zero-order chi connectivity index (χ0) is 10.3. The van der Waals surface area contributed by atoms with Crippen molar-refractivity contribution in [2.24, 2.45) is 16.5 Å². The van der Waals surface area contributed by atoms with Gasteiger partial charge in [-0.2, -0.15) is 0 Å². The molecule has 5 N–H and O–H groups in total. The molecule has 0 aromatic rings. The van der Waals surface area contributed by atoms with Crippen molar-refractivity contribution in [3.8, 4) is 0 Å². The first-order chi connectivity index (χ1) is 6.07. The van der Waals surface area contributed by atoms with Crippen molar-refractivity contribution in [1.29, 1.82) is 0 Å². The Hall–Kier alpha value is -1.52. The fourth-order valence-corrected chi connectivity index (χ4v) is 0.824. The fraction of sp³-hybridized carbons (Fsp3) is 0.500. The largest absolute Gasteiger partial charge is 0.386 e. The number of aliphatic imine (C=N–C) groups is 1. The van der Waals surface area contributed by atoms with E-state index in [9.17, 15) is 4.79 Å². The van der Waals surface area contributed by atoms with Crippen LogP contribution in [-0.4, -0.2) is 25.3 Å². The van der Waals surface area contributed by atoms with Crippen molar-refractivity contribution in [1.82, 2.24) is 5.32 Å². The maximum Gasteiger partial charge on any atom is 0.185 e. The summed E-state index contributed by atoms with van der Waals surface area (Å²) in [6.07, 6.45) is 2.42. The molecule has 0 saturated carbocycles. The van der Waals surface area contributed by atoms with Crippen LogP contribution in [0.15, 0.2) is 16.8 Å². The Bertz CT molecular complexity index is 228. The van der Waals surface area contributed by atoms with E-state index in [0.29, 0.717) is 18.7 Å². The third-order valence-corrected chi connectivity index (χ3v) is 1.42. The van der Waals surface area contributed by atoms with Gasteiger partial charge in [0.25, 0.3) is 0 Å². The number of likely N-dealkylation sites (N-methyl/N-ethyl adjacent to an activating group) is 1. The molecule has 74 valence electrons. The van der Waals surface area contributed by atoms with E-state index in [0.717, 1.165) is 0 Å². The molecule has 0 rings (SSSR count). The number of guanidine groups is 1. The second kappa shape index (κ2) is 6.05. The Morgan fingerprint density at radius 3 is 2.54 bits per heavy atom. The second-order valence-corrected chi connectivity index (χ2v) is 2.52. The normalized spacial score (nSPS) is 10.8. The highest BCUT2D eigenvalue weighted by Gasteiger charge is 1.97. The van der Waals surface area contributed by atoms with E-state index in [4.69, 9.17) is 11.5 Å². The molecular formula is C8H16N4O. The van der Waals surface area contributed by atoms with Gasteiger partial charge in [0.1, 0.15) is 0 Å². The van der Waals surface area contributed by atoms with E-state index < -0.39 is 0 Å². The fourth-order valence-electron chi connectivity index (χ4n) is 0.824. The van der Waals surface area contributed by atoms with Crippen molar-refractivity contribution in [3.63, 3.8) is 0 Å². The predicted octanol–water partition coefficient (Wildman–Crippen LogP) is -0.658. The molecule has 0 aromatic carbocycles. The number of carbonyl (C=O) groups is 1. The van der Waals surface area contributed by atoms with E-state index >= 15 is 0 Å². The molecule has 0 aliphatic heterocycles. The first-order valence-electron chi connectivity index (χ1n) is 4.02. The topological polar surface area (TPSA) is 93.5 Å². The van der Waals surface area contributed by atoms with E-state index in [2.05, 4.69) is 10.3 Å². The Morgan fingerprint density at radius 1 is 1.54 bits per heavy atom. The van der Waals surface area contributed by atoms with Gasteiger partial charge < -0.3 is 16.8 Å². The summed E-state index contributed by atoms with van der Waals surface area (Å²) in [7, 11) is 1.70. The zero-order valence-corrected chi connectivity index (χ0v) is 8.00. The summed E-state index contributed by atoms with van der Waals surface area (Å²) in [5, 5.41) is 2.79. The van der Waals surface area contributed by atoms with Gasteiger partial charge in [-0.05, 0) is 6.42 Å². The maximum absolute atomic E-state index is 10.9. The number of allylic oxidation sites excluding steroid dienone is 1. The van der Waals surface area contributed by atoms with Crippen LogP contribution in [0.25, 0.3) is 0 Å². The summed E-state index contributed by atoms with van der Waals surface area (Å²) < 4.78 is 0. The van der Waals surface area contributed by atoms with Crippen LogP contribution < -0.4 is 16.8 Å². The average molecular weight is 184 g/mol. The molecule has 0 fully saturated rings. The van der Waals surface area contributed by atoms with Crippen LogP contribution in [0, 0.1) is 0 Å². The average Bonchev–Trinajstić information content (AvgIpc) is 2.03. The minimum absolute atomic E-state index is 0.00667. The third-order valence-electron chi connectivity index (χ3n) is 1.42. The number of nitrogens with two attached hydrogens (primary N) is 2. The van der Waals surface area contributed by atoms with Crippen LogP contribution in [-0.2, 0) is 4.79 Å². The minimum atomic E-state index is 0.00667. The molecule has 0 aliphatic carbocycles. The SMILES string of the molecule is CN/C(=C\CCN=C(N)N)C(C)=O. The van der Waals surface area contributed by atoms with Gasteiger partial charge in [-0.25, -0.2) is 0 Å². The van der Waals surface area contributed by atoms with Crippen LogP contribution >= 0.6 is 0 Å². The second-order valence-electron chi connectivity index (χ2n) is 2.52. The van der Waals surface area contributed by atoms with Crippen molar-refractivity contribution in [3.05, 3.63) is 11.8 Å². The molecule has 0 spiro atoms. The number of rotatable bonds is 5. The van der Waals surface area contributed by atoms with Crippen LogP contribution in [0.2, 0.25) is 0 Å². The lowest BCUT2D eigenvalue weighted by Gasteiger charge is -2.00. The first kappa shape index (κ1) is 11.5. The highest BCUT2D eigenvalue weighted by Crippen LogP contribution is 1.93. The summed E-state index contributed by atoms with van der Waals surface area (Å²) in [5.41, 5.74) is 10.8. The Morgan fingerprint density at radius 2 is 2.15 bits per heavy atom. The lowest BCUT2D eigenvalue weighted by Crippen LogP contribution is -2.23. The number of ketones is 1. The van der Waals surface area contributed by atoms with Gasteiger partial charge in [-0.1, -0.05) is 6.08 Å². The molecule has 0 radical (unpaired) electrons.